The number of nitrogens with zero attached hydrogens (tertiary/aromatic N) is 3. The minimum Gasteiger partial charge on any atom is -0.341 e. The highest BCUT2D eigenvalue weighted by Gasteiger charge is 2.23. The van der Waals surface area contributed by atoms with E-state index in [-0.39, 0.29) is 11.8 Å². The van der Waals surface area contributed by atoms with Crippen LogP contribution in [0.4, 0.5) is 11.4 Å². The Morgan fingerprint density at radius 1 is 0.735 bits per heavy atom. The number of fused-ring (bicyclic) bond motifs is 1. The van der Waals surface area contributed by atoms with Crippen LogP contribution in [0.3, 0.4) is 0 Å². The first-order valence-electron chi connectivity index (χ1n) is 11.9. The van der Waals surface area contributed by atoms with Gasteiger partial charge in [0.15, 0.2) is 0 Å². The molecule has 0 bridgehead atoms. The average molecular weight is 452 g/mol. The standard InChI is InChI=1S/C29H29N3O2/c33-28(22-23-8-2-1-3-9-23)30-17-7-18-31(21-20-30)29(34)25-13-15-26(16-14-25)32-19-6-11-24-10-4-5-12-27(24)32/h1-6,8-16H,7,17-22H2. The van der Waals surface area contributed by atoms with Crippen molar-refractivity contribution in [3.05, 3.63) is 102 Å². The first-order valence-corrected chi connectivity index (χ1v) is 11.9. The van der Waals surface area contributed by atoms with E-state index in [1.807, 2.05) is 70.5 Å². The molecule has 3 aromatic rings. The topological polar surface area (TPSA) is 43.9 Å². The predicted octanol–water partition coefficient (Wildman–Crippen LogP) is 4.77. The summed E-state index contributed by atoms with van der Waals surface area (Å²) in [5, 5.41) is 0. The number of hydrogen-bond acceptors (Lipinski definition) is 3. The van der Waals surface area contributed by atoms with E-state index in [4.69, 9.17) is 0 Å². The van der Waals surface area contributed by atoms with E-state index < -0.39 is 0 Å². The molecule has 5 nitrogen and oxygen atoms in total. The Labute approximate surface area is 200 Å². The number of rotatable bonds is 4. The van der Waals surface area contributed by atoms with Crippen LogP contribution in [-0.4, -0.2) is 54.3 Å². The maximum absolute atomic E-state index is 13.2. The SMILES string of the molecule is O=C(Cc1ccccc1)N1CCCN(C(=O)c2ccc(N3CC=Cc4ccccc43)cc2)CC1. The molecule has 0 atom stereocenters. The zero-order valence-electron chi connectivity index (χ0n) is 19.3. The van der Waals surface area contributed by atoms with Gasteiger partial charge in [0.05, 0.1) is 6.42 Å². The van der Waals surface area contributed by atoms with Gasteiger partial charge in [-0.3, -0.25) is 9.59 Å². The molecule has 172 valence electrons. The molecule has 0 N–H and O–H groups in total. The van der Waals surface area contributed by atoms with Crippen molar-refractivity contribution in [1.82, 2.24) is 9.80 Å². The second-order valence-electron chi connectivity index (χ2n) is 8.81. The van der Waals surface area contributed by atoms with Gasteiger partial charge in [-0.15, -0.1) is 0 Å². The quantitative estimate of drug-likeness (QED) is 0.574. The molecule has 0 aliphatic carbocycles. The summed E-state index contributed by atoms with van der Waals surface area (Å²) in [6, 6.07) is 26.1. The summed E-state index contributed by atoms with van der Waals surface area (Å²) in [6.07, 6.45) is 5.51. The Balaban J connectivity index is 1.22. The highest BCUT2D eigenvalue weighted by molar-refractivity contribution is 5.95. The second kappa shape index (κ2) is 9.96. The zero-order chi connectivity index (χ0) is 23.3. The summed E-state index contributed by atoms with van der Waals surface area (Å²) in [7, 11) is 0. The van der Waals surface area contributed by atoms with E-state index in [2.05, 4.69) is 35.3 Å². The molecular weight excluding hydrogens is 422 g/mol. The smallest absolute Gasteiger partial charge is 0.253 e. The maximum Gasteiger partial charge on any atom is 0.253 e. The monoisotopic (exact) mass is 451 g/mol. The number of para-hydroxylation sites is 1. The molecule has 5 rings (SSSR count). The number of carbonyl (C=O) groups excluding carboxylic acids is 2. The third-order valence-electron chi connectivity index (χ3n) is 6.57. The summed E-state index contributed by atoms with van der Waals surface area (Å²) < 4.78 is 0. The summed E-state index contributed by atoms with van der Waals surface area (Å²) >= 11 is 0. The fourth-order valence-electron chi connectivity index (χ4n) is 4.72. The third kappa shape index (κ3) is 4.74. The first-order chi connectivity index (χ1) is 16.7. The van der Waals surface area contributed by atoms with Crippen LogP contribution in [0.2, 0.25) is 0 Å². The lowest BCUT2D eigenvalue weighted by molar-refractivity contribution is -0.130. The van der Waals surface area contributed by atoms with Crippen LogP contribution in [0.25, 0.3) is 6.08 Å². The number of carbonyl (C=O) groups is 2. The summed E-state index contributed by atoms with van der Waals surface area (Å²) in [5.41, 5.74) is 5.16. The van der Waals surface area contributed by atoms with Gasteiger partial charge in [0, 0.05) is 49.7 Å². The molecule has 0 aromatic heterocycles. The van der Waals surface area contributed by atoms with E-state index >= 15 is 0 Å². The van der Waals surface area contributed by atoms with Gasteiger partial charge in [-0.25, -0.2) is 0 Å². The Kier molecular flexibility index (Phi) is 6.43. The van der Waals surface area contributed by atoms with Crippen molar-refractivity contribution < 1.29 is 9.59 Å². The predicted molar refractivity (Wildman–Crippen MR) is 136 cm³/mol. The van der Waals surface area contributed by atoms with Crippen LogP contribution < -0.4 is 4.90 Å². The normalized spacial score (nSPS) is 15.6. The first kappa shape index (κ1) is 22.0. The van der Waals surface area contributed by atoms with Crippen molar-refractivity contribution in [1.29, 1.82) is 0 Å². The lowest BCUT2D eigenvalue weighted by Gasteiger charge is -2.28. The second-order valence-corrected chi connectivity index (χ2v) is 8.81. The Morgan fingerprint density at radius 3 is 2.26 bits per heavy atom. The molecular formula is C29H29N3O2. The Hall–Kier alpha value is -3.86. The van der Waals surface area contributed by atoms with E-state index in [1.54, 1.807) is 0 Å². The highest BCUT2D eigenvalue weighted by atomic mass is 16.2. The fraction of sp³-hybridized carbons (Fsp3) is 0.241. The summed E-state index contributed by atoms with van der Waals surface area (Å²) in [4.78, 5) is 32.0. The molecule has 0 radical (unpaired) electrons. The van der Waals surface area contributed by atoms with Crippen LogP contribution in [0.1, 0.15) is 27.9 Å². The van der Waals surface area contributed by atoms with Gasteiger partial charge in [0.25, 0.3) is 5.91 Å². The lowest BCUT2D eigenvalue weighted by Crippen LogP contribution is -2.38. The lowest BCUT2D eigenvalue weighted by atomic mass is 10.1. The van der Waals surface area contributed by atoms with Gasteiger partial charge in [-0.2, -0.15) is 0 Å². The van der Waals surface area contributed by atoms with Crippen molar-refractivity contribution in [3.8, 4) is 0 Å². The van der Waals surface area contributed by atoms with E-state index in [1.165, 1.54) is 11.3 Å². The molecule has 2 aliphatic rings. The van der Waals surface area contributed by atoms with E-state index in [0.717, 1.165) is 24.2 Å². The van der Waals surface area contributed by atoms with Crippen molar-refractivity contribution in [2.45, 2.75) is 12.8 Å². The van der Waals surface area contributed by atoms with Crippen molar-refractivity contribution >= 4 is 29.3 Å². The minimum atomic E-state index is 0.0304. The van der Waals surface area contributed by atoms with Crippen LogP contribution in [0.5, 0.6) is 0 Å². The largest absolute Gasteiger partial charge is 0.341 e. The average Bonchev–Trinajstić information content (AvgIpc) is 3.15. The van der Waals surface area contributed by atoms with Gasteiger partial charge in [-0.05, 0) is 47.9 Å². The summed E-state index contributed by atoms with van der Waals surface area (Å²) in [6.45, 7) is 3.30. The molecule has 1 fully saturated rings. The number of amides is 2. The van der Waals surface area contributed by atoms with Crippen LogP contribution in [0.15, 0.2) is 84.9 Å². The maximum atomic E-state index is 13.2. The van der Waals surface area contributed by atoms with Gasteiger partial charge >= 0.3 is 0 Å². The molecule has 0 saturated carbocycles. The molecule has 5 heteroatoms. The Bertz CT molecular complexity index is 1190. The molecule has 1 saturated heterocycles. The summed E-state index contributed by atoms with van der Waals surface area (Å²) in [5.74, 6) is 0.156. The number of anilines is 2. The van der Waals surface area contributed by atoms with Crippen molar-refractivity contribution in [2.24, 2.45) is 0 Å². The molecule has 2 heterocycles. The molecule has 2 amide bonds. The number of benzene rings is 3. The van der Waals surface area contributed by atoms with Gasteiger partial charge in [-0.1, -0.05) is 60.7 Å². The molecule has 0 unspecified atom stereocenters. The number of hydrogen-bond donors (Lipinski definition) is 0. The fourth-order valence-corrected chi connectivity index (χ4v) is 4.72. The third-order valence-corrected chi connectivity index (χ3v) is 6.57. The van der Waals surface area contributed by atoms with Gasteiger partial charge in [0.2, 0.25) is 5.91 Å². The Morgan fingerprint density at radius 2 is 1.44 bits per heavy atom. The van der Waals surface area contributed by atoms with Crippen molar-refractivity contribution in [2.75, 3.05) is 37.6 Å². The van der Waals surface area contributed by atoms with Gasteiger partial charge in [0.1, 0.15) is 0 Å². The minimum absolute atomic E-state index is 0.0304. The molecule has 3 aromatic carbocycles. The highest BCUT2D eigenvalue weighted by Crippen LogP contribution is 2.32. The molecule has 34 heavy (non-hydrogen) atoms. The van der Waals surface area contributed by atoms with Crippen molar-refractivity contribution in [3.63, 3.8) is 0 Å². The van der Waals surface area contributed by atoms with Crippen LogP contribution in [0, 0.1) is 0 Å². The van der Waals surface area contributed by atoms with E-state index in [9.17, 15) is 9.59 Å². The molecule has 2 aliphatic heterocycles. The van der Waals surface area contributed by atoms with Gasteiger partial charge < -0.3 is 14.7 Å². The van der Waals surface area contributed by atoms with E-state index in [0.29, 0.717) is 38.2 Å². The molecule has 0 spiro atoms. The van der Waals surface area contributed by atoms with Crippen LogP contribution >= 0.6 is 0 Å². The van der Waals surface area contributed by atoms with Crippen LogP contribution in [-0.2, 0) is 11.2 Å². The zero-order valence-corrected chi connectivity index (χ0v) is 19.3.